The zero-order valence-corrected chi connectivity index (χ0v) is 35.8. The highest BCUT2D eigenvalue weighted by molar-refractivity contribution is 7.99. The zero-order chi connectivity index (χ0) is 45.5. The fraction of sp³-hybridized carbons (Fsp3) is 0.304. The molecule has 4 aromatic rings. The molecule has 0 atom stereocenters. The van der Waals surface area contributed by atoms with Gasteiger partial charge in [-0.2, -0.15) is 9.78 Å². The Hall–Kier alpha value is -7.09. The van der Waals surface area contributed by atoms with Crippen LogP contribution < -0.4 is 20.4 Å². The van der Waals surface area contributed by atoms with E-state index in [-0.39, 0.29) is 69.4 Å². The minimum Gasteiger partial charge on any atom is -0.356 e. The SMILES string of the molecule is O=CNC1CCN(C(=O)C=Cc2ccc(Sc3ccc(C=CC(=O)N4CCC(NC=O)CC4)c(-c4ccc5c(c4)CCOO5)c3[N+](=O)[O-])c([N+](=O)[O-])c2-c2ccc3c(c2)CCOO3)CC1. The van der Waals surface area contributed by atoms with Crippen molar-refractivity contribution in [3.63, 3.8) is 0 Å². The Morgan fingerprint density at radius 3 is 1.43 bits per heavy atom. The number of nitro groups is 2. The van der Waals surface area contributed by atoms with Crippen LogP contribution in [0.5, 0.6) is 11.5 Å². The van der Waals surface area contributed by atoms with Crippen molar-refractivity contribution in [2.45, 2.75) is 60.4 Å². The molecule has 0 saturated carbocycles. The van der Waals surface area contributed by atoms with Crippen LogP contribution in [0.3, 0.4) is 0 Å². The molecule has 0 radical (unpaired) electrons. The highest BCUT2D eigenvalue weighted by atomic mass is 32.2. The lowest BCUT2D eigenvalue weighted by Crippen LogP contribution is -2.44. The molecule has 0 spiro atoms. The Kier molecular flexibility index (Phi) is 13.8. The smallest absolute Gasteiger partial charge is 0.291 e. The number of carbonyl (C=O) groups is 4. The number of fused-ring (bicyclic) bond motifs is 2. The average molecular weight is 905 g/mol. The van der Waals surface area contributed by atoms with Crippen LogP contribution in [0.15, 0.2) is 82.6 Å². The number of hydrogen-bond donors (Lipinski definition) is 2. The van der Waals surface area contributed by atoms with E-state index in [1.165, 1.54) is 36.4 Å². The summed E-state index contributed by atoms with van der Waals surface area (Å²) in [6, 6.07) is 16.4. The van der Waals surface area contributed by atoms with E-state index in [1.807, 2.05) is 0 Å². The minimum absolute atomic E-state index is 0.0305. The first kappa shape index (κ1) is 44.5. The lowest BCUT2D eigenvalue weighted by atomic mass is 9.94. The predicted octanol–water partition coefficient (Wildman–Crippen LogP) is 6.22. The van der Waals surface area contributed by atoms with E-state index >= 15 is 0 Å². The maximum Gasteiger partial charge on any atom is 0.291 e. The summed E-state index contributed by atoms with van der Waals surface area (Å²) in [4.78, 5) is 98.8. The Morgan fingerprint density at radius 2 is 1.05 bits per heavy atom. The highest BCUT2D eigenvalue weighted by Crippen LogP contribution is 2.49. The van der Waals surface area contributed by atoms with E-state index in [1.54, 1.807) is 58.3 Å². The van der Waals surface area contributed by atoms with Crippen molar-refractivity contribution in [2.24, 2.45) is 0 Å². The molecular weight excluding hydrogens is 861 g/mol. The molecule has 8 rings (SSSR count). The van der Waals surface area contributed by atoms with Gasteiger partial charge >= 0.3 is 0 Å². The summed E-state index contributed by atoms with van der Waals surface area (Å²) in [7, 11) is 0. The molecule has 4 amide bonds. The van der Waals surface area contributed by atoms with Crippen molar-refractivity contribution in [3.05, 3.63) is 115 Å². The summed E-state index contributed by atoms with van der Waals surface area (Å²) >= 11 is 0.860. The third-order valence-corrected chi connectivity index (χ3v) is 13.0. The van der Waals surface area contributed by atoms with Gasteiger partial charge in [-0.3, -0.25) is 39.4 Å². The molecule has 4 aliphatic heterocycles. The molecule has 0 aliphatic carbocycles. The first-order valence-electron chi connectivity index (χ1n) is 21.1. The van der Waals surface area contributed by atoms with Gasteiger partial charge in [0, 0.05) is 74.4 Å². The van der Waals surface area contributed by atoms with Gasteiger partial charge < -0.3 is 30.2 Å². The van der Waals surface area contributed by atoms with Crippen LogP contribution in [0.4, 0.5) is 11.4 Å². The van der Waals surface area contributed by atoms with Gasteiger partial charge in [-0.25, -0.2) is 0 Å². The van der Waals surface area contributed by atoms with Crippen molar-refractivity contribution >= 4 is 59.9 Å². The molecule has 0 unspecified atom stereocenters. The molecular formula is C46H44N6O12S. The number of carbonyl (C=O) groups excluding carboxylic acids is 4. The average Bonchev–Trinajstić information content (AvgIpc) is 3.32. The lowest BCUT2D eigenvalue weighted by Gasteiger charge is -2.30. The molecule has 4 aliphatic rings. The van der Waals surface area contributed by atoms with Crippen molar-refractivity contribution in [3.8, 4) is 33.8 Å². The van der Waals surface area contributed by atoms with Gasteiger partial charge in [0.1, 0.15) is 0 Å². The van der Waals surface area contributed by atoms with Gasteiger partial charge in [0.05, 0.1) is 44.0 Å². The summed E-state index contributed by atoms with van der Waals surface area (Å²) in [5.41, 5.74) is 2.87. The third-order valence-electron chi connectivity index (χ3n) is 11.9. The largest absolute Gasteiger partial charge is 0.356 e. The zero-order valence-electron chi connectivity index (χ0n) is 35.0. The van der Waals surface area contributed by atoms with E-state index < -0.39 is 9.85 Å². The van der Waals surface area contributed by atoms with E-state index in [4.69, 9.17) is 19.6 Å². The second-order valence-electron chi connectivity index (χ2n) is 15.8. The van der Waals surface area contributed by atoms with Crippen LogP contribution in [-0.4, -0.2) is 95.8 Å². The summed E-state index contributed by atoms with van der Waals surface area (Å²) in [6.07, 6.45) is 10.4. The molecule has 0 bridgehead atoms. The number of amides is 4. The van der Waals surface area contributed by atoms with E-state index in [2.05, 4.69) is 10.6 Å². The van der Waals surface area contributed by atoms with E-state index in [9.17, 15) is 39.4 Å². The Balaban J connectivity index is 1.20. The van der Waals surface area contributed by atoms with Crippen LogP contribution in [0.1, 0.15) is 47.9 Å². The maximum absolute atomic E-state index is 13.4. The van der Waals surface area contributed by atoms with Gasteiger partial charge in [0.2, 0.25) is 24.6 Å². The van der Waals surface area contributed by atoms with E-state index in [0.29, 0.717) is 111 Å². The predicted molar refractivity (Wildman–Crippen MR) is 237 cm³/mol. The van der Waals surface area contributed by atoms with Crippen LogP contribution in [0.25, 0.3) is 34.4 Å². The van der Waals surface area contributed by atoms with Crippen LogP contribution in [0, 0.1) is 20.2 Å². The maximum atomic E-state index is 13.4. The van der Waals surface area contributed by atoms with Crippen molar-refractivity contribution < 1.29 is 48.6 Å². The molecule has 2 N–H and O–H groups in total. The van der Waals surface area contributed by atoms with Crippen LogP contribution in [0.2, 0.25) is 0 Å². The molecule has 0 aromatic heterocycles. The number of nitro benzene ring substituents is 2. The van der Waals surface area contributed by atoms with E-state index in [0.717, 1.165) is 22.9 Å². The van der Waals surface area contributed by atoms with Gasteiger partial charge in [-0.15, -0.1) is 0 Å². The van der Waals surface area contributed by atoms with Gasteiger partial charge in [-0.1, -0.05) is 36.0 Å². The molecule has 65 heavy (non-hydrogen) atoms. The molecule has 19 heteroatoms. The Morgan fingerprint density at radius 1 is 0.631 bits per heavy atom. The molecule has 2 fully saturated rings. The molecule has 18 nitrogen and oxygen atoms in total. The second kappa shape index (κ2) is 20.2. The lowest BCUT2D eigenvalue weighted by molar-refractivity contribution is -0.387. The third kappa shape index (κ3) is 10.0. The standard InChI is InChI=1S/C46H44N6O12S/c53-27-47-35-13-19-49(20-14-35)41(55)11-5-29-3-9-39(45(51(57)58)43(29)33-1-7-37-31(25-33)17-23-61-63-37)65-40-10-4-30(6-12-42(56)50-21-15-36(16-22-50)48-28-54)44(46(40)52(59)60)34-2-8-38-32(26-34)18-24-62-64-38/h1-12,25-28,35-36H,13-24H2,(H,47,53)(H,48,54). The summed E-state index contributed by atoms with van der Waals surface area (Å²) < 4.78 is 0. The first-order valence-corrected chi connectivity index (χ1v) is 21.9. The molecule has 336 valence electrons. The molecule has 4 heterocycles. The highest BCUT2D eigenvalue weighted by Gasteiger charge is 2.31. The fourth-order valence-corrected chi connectivity index (χ4v) is 9.56. The quantitative estimate of drug-likeness (QED) is 0.0472. The summed E-state index contributed by atoms with van der Waals surface area (Å²) in [5.74, 6) is 0.331. The topological polar surface area (TPSA) is 222 Å². The van der Waals surface area contributed by atoms with Gasteiger partial charge in [0.15, 0.2) is 11.5 Å². The van der Waals surface area contributed by atoms with Gasteiger partial charge in [0.25, 0.3) is 11.4 Å². The van der Waals surface area contributed by atoms with Crippen molar-refractivity contribution in [2.75, 3.05) is 39.4 Å². The monoisotopic (exact) mass is 904 g/mol. The Bertz CT molecular complexity index is 2410. The second-order valence-corrected chi connectivity index (χ2v) is 16.8. The number of nitrogens with zero attached hydrogens (tertiary/aromatic N) is 4. The fourth-order valence-electron chi connectivity index (χ4n) is 8.50. The van der Waals surface area contributed by atoms with Crippen molar-refractivity contribution in [1.82, 2.24) is 20.4 Å². The number of likely N-dealkylation sites (tertiary alicyclic amines) is 2. The van der Waals surface area contributed by atoms with Crippen LogP contribution in [-0.2, 0) is 41.8 Å². The molecule has 4 aromatic carbocycles. The van der Waals surface area contributed by atoms with Crippen LogP contribution >= 0.6 is 11.8 Å². The minimum atomic E-state index is -0.528. The Labute approximate surface area is 376 Å². The normalized spacial score (nSPS) is 16.6. The summed E-state index contributed by atoms with van der Waals surface area (Å²) in [6.45, 7) is 2.22. The van der Waals surface area contributed by atoms with Gasteiger partial charge in [-0.05, 0) is 96.5 Å². The number of piperidine rings is 2. The number of rotatable bonds is 14. The molecule has 2 saturated heterocycles. The summed E-state index contributed by atoms with van der Waals surface area (Å²) in [5, 5.41) is 32.2. The first-order chi connectivity index (χ1) is 31.6. The number of nitrogens with one attached hydrogen (secondary N) is 2. The van der Waals surface area contributed by atoms with Crippen molar-refractivity contribution in [1.29, 1.82) is 0 Å². The number of hydrogen-bond acceptors (Lipinski definition) is 13. The number of benzene rings is 4.